The van der Waals surface area contributed by atoms with E-state index in [-0.39, 0.29) is 12.2 Å². The lowest BCUT2D eigenvalue weighted by Gasteiger charge is -2.09. The van der Waals surface area contributed by atoms with E-state index in [0.29, 0.717) is 10.7 Å². The van der Waals surface area contributed by atoms with Crippen LogP contribution in [0, 0.1) is 6.92 Å². The van der Waals surface area contributed by atoms with E-state index in [2.05, 4.69) is 17.6 Å². The zero-order chi connectivity index (χ0) is 20.7. The zero-order valence-electron chi connectivity index (χ0n) is 14.4. The number of pyridine rings is 1. The molecular weight excluding hydrogens is 415 g/mol. The van der Waals surface area contributed by atoms with Crippen LogP contribution in [0.5, 0.6) is 0 Å². The van der Waals surface area contributed by atoms with Gasteiger partial charge >= 0.3 is 11.2 Å². The van der Waals surface area contributed by atoms with Gasteiger partial charge in [0.1, 0.15) is 5.03 Å². The molecule has 0 radical (unpaired) electrons. The smallest absolute Gasteiger partial charge is 0.291 e. The van der Waals surface area contributed by atoms with Gasteiger partial charge in [0.2, 0.25) is 0 Å². The first kappa shape index (κ1) is 20.2. The molecular formula is C17H14F3N3O3S2. The molecule has 0 saturated carbocycles. The average Bonchev–Trinajstić information content (AvgIpc) is 2.85. The average molecular weight is 429 g/mol. The van der Waals surface area contributed by atoms with E-state index in [1.807, 2.05) is 0 Å². The minimum atomic E-state index is -5.46. The first-order valence-corrected chi connectivity index (χ1v) is 9.79. The molecule has 2 aromatic heterocycles. The van der Waals surface area contributed by atoms with Crippen molar-refractivity contribution in [2.75, 3.05) is 0 Å². The molecule has 3 aromatic rings. The molecule has 0 aliphatic rings. The van der Waals surface area contributed by atoms with Gasteiger partial charge < -0.3 is 0 Å². The number of hydrogen-bond acceptors (Lipinski definition) is 5. The van der Waals surface area contributed by atoms with Gasteiger partial charge in [-0.3, -0.25) is 14.1 Å². The number of thiol groups is 1. The molecule has 0 bridgehead atoms. The summed E-state index contributed by atoms with van der Waals surface area (Å²) in [7, 11) is -5.46. The van der Waals surface area contributed by atoms with Crippen molar-refractivity contribution in [3.05, 3.63) is 70.5 Å². The summed E-state index contributed by atoms with van der Waals surface area (Å²) < 4.78 is 63.6. The Morgan fingerprint density at radius 2 is 1.64 bits per heavy atom. The number of nitrogens with zero attached hydrogens (tertiary/aromatic N) is 3. The normalized spacial score (nSPS) is 12.3. The summed E-state index contributed by atoms with van der Waals surface area (Å²) in [5, 5.41) is 0.297. The van der Waals surface area contributed by atoms with Gasteiger partial charge in [-0.25, -0.2) is 13.2 Å². The highest BCUT2D eigenvalue weighted by Gasteiger charge is 2.46. The Morgan fingerprint density at radius 3 is 2.18 bits per heavy atom. The first-order chi connectivity index (χ1) is 13.0. The van der Waals surface area contributed by atoms with Crippen molar-refractivity contribution in [2.24, 2.45) is 0 Å². The lowest BCUT2D eigenvalue weighted by Crippen LogP contribution is -2.25. The summed E-state index contributed by atoms with van der Waals surface area (Å²) in [6.45, 7) is 1.94. The van der Waals surface area contributed by atoms with Gasteiger partial charge in [-0.15, -0.1) is 12.6 Å². The maximum absolute atomic E-state index is 12.8. The van der Waals surface area contributed by atoms with E-state index in [1.165, 1.54) is 9.13 Å². The highest BCUT2D eigenvalue weighted by molar-refractivity contribution is 7.92. The van der Waals surface area contributed by atoms with Crippen LogP contribution in [-0.4, -0.2) is 28.0 Å². The molecule has 0 saturated heterocycles. The summed E-state index contributed by atoms with van der Waals surface area (Å²) >= 11 is 4.34. The van der Waals surface area contributed by atoms with Gasteiger partial charge in [-0.2, -0.15) is 13.2 Å². The number of hydrogen-bond donors (Lipinski definition) is 1. The molecule has 0 unspecified atom stereocenters. The fraction of sp³-hybridized carbons (Fsp3) is 0.176. The van der Waals surface area contributed by atoms with E-state index in [4.69, 9.17) is 0 Å². The number of aromatic nitrogens is 3. The minimum absolute atomic E-state index is 0.202. The Labute approximate surface area is 163 Å². The molecule has 6 nitrogen and oxygen atoms in total. The molecule has 148 valence electrons. The molecule has 1 aromatic carbocycles. The highest BCUT2D eigenvalue weighted by atomic mass is 32.2. The summed E-state index contributed by atoms with van der Waals surface area (Å²) in [5.74, 6) is 0. The number of alkyl halides is 3. The third kappa shape index (κ3) is 3.47. The standard InChI is InChI=1S/C17H14F3N3O3S2/c1-11-15(27)23(16(24)22(11)10-12-6-8-21-9-7-12)13-2-4-14(5-3-13)28(25,26)17(18,19)20/h2-9,27H,10H2,1H3. The molecule has 0 amide bonds. The van der Waals surface area contributed by atoms with Crippen molar-refractivity contribution < 1.29 is 21.6 Å². The number of imidazole rings is 1. The fourth-order valence-corrected chi connectivity index (χ4v) is 3.72. The SMILES string of the molecule is Cc1c(S)n(-c2ccc(S(=O)(=O)C(F)(F)F)cc2)c(=O)n1Cc1ccncc1. The number of benzene rings is 1. The summed E-state index contributed by atoms with van der Waals surface area (Å²) in [4.78, 5) is 15.8. The van der Waals surface area contributed by atoms with Crippen LogP contribution in [0.4, 0.5) is 13.2 Å². The molecule has 2 heterocycles. The van der Waals surface area contributed by atoms with Gasteiger partial charge in [-0.1, -0.05) is 0 Å². The topological polar surface area (TPSA) is 74.0 Å². The quantitative estimate of drug-likeness (QED) is 0.648. The van der Waals surface area contributed by atoms with Crippen molar-refractivity contribution >= 4 is 22.5 Å². The van der Waals surface area contributed by atoms with E-state index < -0.39 is 25.9 Å². The van der Waals surface area contributed by atoms with E-state index in [0.717, 1.165) is 29.8 Å². The number of rotatable bonds is 4. The first-order valence-electron chi connectivity index (χ1n) is 7.86. The molecule has 3 rings (SSSR count). The molecule has 0 N–H and O–H groups in total. The van der Waals surface area contributed by atoms with Crippen LogP contribution < -0.4 is 5.69 Å². The number of halogens is 3. The Morgan fingerprint density at radius 1 is 1.07 bits per heavy atom. The second-order valence-corrected chi connectivity index (χ2v) is 8.28. The van der Waals surface area contributed by atoms with Crippen LogP contribution in [-0.2, 0) is 16.4 Å². The lowest BCUT2D eigenvalue weighted by molar-refractivity contribution is -0.0436. The zero-order valence-corrected chi connectivity index (χ0v) is 16.1. The predicted octanol–water partition coefficient (Wildman–Crippen LogP) is 2.97. The summed E-state index contributed by atoms with van der Waals surface area (Å²) in [5.41, 5.74) is -4.27. The van der Waals surface area contributed by atoms with Crippen molar-refractivity contribution in [3.63, 3.8) is 0 Å². The van der Waals surface area contributed by atoms with E-state index in [1.54, 1.807) is 31.5 Å². The van der Waals surface area contributed by atoms with Crippen LogP contribution in [0.25, 0.3) is 5.69 Å². The molecule has 0 aliphatic heterocycles. The van der Waals surface area contributed by atoms with Gasteiger partial charge in [0.05, 0.1) is 22.8 Å². The Kier molecular flexibility index (Phi) is 5.15. The molecule has 0 atom stereocenters. The Balaban J connectivity index is 2.04. The van der Waals surface area contributed by atoms with Gasteiger partial charge in [0, 0.05) is 12.4 Å². The van der Waals surface area contributed by atoms with Gasteiger partial charge in [-0.05, 0) is 48.9 Å². The summed E-state index contributed by atoms with van der Waals surface area (Å²) in [6.07, 6.45) is 3.18. The second-order valence-electron chi connectivity index (χ2n) is 5.91. The minimum Gasteiger partial charge on any atom is -0.291 e. The molecule has 28 heavy (non-hydrogen) atoms. The van der Waals surface area contributed by atoms with Gasteiger partial charge in [0.15, 0.2) is 0 Å². The molecule has 0 spiro atoms. The third-order valence-corrected chi connectivity index (χ3v) is 6.19. The maximum Gasteiger partial charge on any atom is 0.501 e. The van der Waals surface area contributed by atoms with Crippen LogP contribution in [0.1, 0.15) is 11.3 Å². The van der Waals surface area contributed by atoms with E-state index >= 15 is 0 Å². The Bertz CT molecular complexity index is 1170. The van der Waals surface area contributed by atoms with Crippen molar-refractivity contribution in [2.45, 2.75) is 28.9 Å². The summed E-state index contributed by atoms with van der Waals surface area (Å²) in [6, 6.07) is 7.39. The van der Waals surface area contributed by atoms with Gasteiger partial charge in [0.25, 0.3) is 9.84 Å². The van der Waals surface area contributed by atoms with Crippen LogP contribution in [0.3, 0.4) is 0 Å². The van der Waals surface area contributed by atoms with Crippen molar-refractivity contribution in [1.82, 2.24) is 14.1 Å². The second kappa shape index (κ2) is 7.13. The lowest BCUT2D eigenvalue weighted by atomic mass is 10.2. The van der Waals surface area contributed by atoms with Crippen molar-refractivity contribution in [3.8, 4) is 5.69 Å². The Hall–Kier alpha value is -2.53. The van der Waals surface area contributed by atoms with Crippen LogP contribution in [0.2, 0.25) is 0 Å². The largest absolute Gasteiger partial charge is 0.501 e. The number of sulfone groups is 1. The van der Waals surface area contributed by atoms with Crippen LogP contribution >= 0.6 is 12.6 Å². The highest BCUT2D eigenvalue weighted by Crippen LogP contribution is 2.30. The molecule has 0 aliphatic carbocycles. The molecule has 11 heteroatoms. The monoisotopic (exact) mass is 429 g/mol. The van der Waals surface area contributed by atoms with E-state index in [9.17, 15) is 26.4 Å². The predicted molar refractivity (Wildman–Crippen MR) is 98.6 cm³/mol. The van der Waals surface area contributed by atoms with Crippen LogP contribution in [0.15, 0.2) is 63.5 Å². The molecule has 0 fully saturated rings. The maximum atomic E-state index is 12.8. The third-order valence-electron chi connectivity index (χ3n) is 4.16. The van der Waals surface area contributed by atoms with Crippen molar-refractivity contribution in [1.29, 1.82) is 0 Å². The fourth-order valence-electron chi connectivity index (χ4n) is 2.63.